The third-order valence-corrected chi connectivity index (χ3v) is 2.38. The molecule has 1 aromatic carbocycles. The van der Waals surface area contributed by atoms with Crippen molar-refractivity contribution in [1.82, 2.24) is 0 Å². The van der Waals surface area contributed by atoms with Crippen molar-refractivity contribution < 1.29 is 18.4 Å². The smallest absolute Gasteiger partial charge is 0.333 e. The van der Waals surface area contributed by atoms with E-state index in [0.717, 1.165) is 0 Å². The van der Waals surface area contributed by atoms with E-state index in [0.29, 0.717) is 0 Å². The average Bonchev–Trinajstić information content (AvgIpc) is 2.35. The normalized spacial score (nSPS) is 11.5. The molecule has 0 amide bonds. The number of nitrogens with one attached hydrogen (secondary N) is 1. The number of hydrogen-bond donors (Lipinski definition) is 2. The molecule has 8 heteroatoms. The second kappa shape index (κ2) is 6.47. The van der Waals surface area contributed by atoms with Crippen molar-refractivity contribution >= 4 is 11.4 Å². The summed E-state index contributed by atoms with van der Waals surface area (Å²) >= 11 is 0. The predicted molar refractivity (Wildman–Crippen MR) is 71.4 cm³/mol. The van der Waals surface area contributed by atoms with Gasteiger partial charge in [0.1, 0.15) is 5.69 Å². The summed E-state index contributed by atoms with van der Waals surface area (Å²) in [6.07, 6.45) is -0.269. The predicted octanol–water partition coefficient (Wildman–Crippen LogP) is 2.39. The van der Waals surface area contributed by atoms with Crippen molar-refractivity contribution in [2.45, 2.75) is 25.9 Å². The lowest BCUT2D eigenvalue weighted by molar-refractivity contribution is -0.385. The highest BCUT2D eigenvalue weighted by atomic mass is 19.3. The van der Waals surface area contributed by atoms with Crippen molar-refractivity contribution in [3.8, 4) is 5.75 Å². The molecule has 0 heterocycles. The topological polar surface area (TPSA) is 90.4 Å². The Hall–Kier alpha value is -1.96. The van der Waals surface area contributed by atoms with Crippen LogP contribution in [0.15, 0.2) is 18.2 Å². The van der Waals surface area contributed by atoms with E-state index in [2.05, 4.69) is 5.32 Å². The fourth-order valence-corrected chi connectivity index (χ4v) is 1.50. The van der Waals surface area contributed by atoms with Crippen LogP contribution in [0, 0.1) is 10.1 Å². The van der Waals surface area contributed by atoms with Gasteiger partial charge in [-0.05, 0) is 26.0 Å². The van der Waals surface area contributed by atoms with Gasteiger partial charge in [0.15, 0.2) is 5.75 Å². The molecular weight excluding hydrogens is 272 g/mol. The Balaban J connectivity index is 3.04. The summed E-state index contributed by atoms with van der Waals surface area (Å²) in [6.45, 7) is 1.81. The number of benzene rings is 1. The lowest BCUT2D eigenvalue weighted by Gasteiger charge is -2.17. The number of alkyl halides is 2. The van der Waals surface area contributed by atoms with Crippen molar-refractivity contribution in [3.05, 3.63) is 28.3 Å². The molecule has 0 saturated heterocycles. The third kappa shape index (κ3) is 4.30. The first kappa shape index (κ1) is 16.1. The molecule has 0 bridgehead atoms. The zero-order valence-corrected chi connectivity index (χ0v) is 11.2. The quantitative estimate of drug-likeness (QED) is 0.594. The van der Waals surface area contributed by atoms with Crippen LogP contribution in [0.2, 0.25) is 0 Å². The number of nitro benzene ring substituents is 1. The van der Waals surface area contributed by atoms with Gasteiger partial charge >= 0.3 is 5.69 Å². The number of nitro groups is 1. The zero-order chi connectivity index (χ0) is 15.3. The van der Waals surface area contributed by atoms with Crippen LogP contribution in [-0.4, -0.2) is 30.0 Å². The maximum atomic E-state index is 13.1. The van der Waals surface area contributed by atoms with Crippen LogP contribution in [0.3, 0.4) is 0 Å². The summed E-state index contributed by atoms with van der Waals surface area (Å²) in [6, 6.07) is 4.26. The zero-order valence-electron chi connectivity index (χ0n) is 11.2. The van der Waals surface area contributed by atoms with Crippen LogP contribution in [-0.2, 0) is 0 Å². The highest BCUT2D eigenvalue weighted by Crippen LogP contribution is 2.35. The summed E-state index contributed by atoms with van der Waals surface area (Å²) in [7, 11) is 0. The molecule has 0 radical (unpaired) electrons. The second-order valence-corrected chi connectivity index (χ2v) is 4.49. The molecule has 112 valence electrons. The van der Waals surface area contributed by atoms with E-state index in [1.165, 1.54) is 18.2 Å². The minimum absolute atomic E-state index is 0.0266. The SMILES string of the molecule is CC(C)Oc1cccc(NCC(F)(F)CN)c1[N+](=O)[O-]. The van der Waals surface area contributed by atoms with Crippen molar-refractivity contribution in [2.24, 2.45) is 5.73 Å². The molecule has 1 aromatic rings. The van der Waals surface area contributed by atoms with E-state index in [9.17, 15) is 18.9 Å². The molecule has 0 unspecified atom stereocenters. The van der Waals surface area contributed by atoms with Crippen LogP contribution in [0.5, 0.6) is 5.75 Å². The highest BCUT2D eigenvalue weighted by molar-refractivity contribution is 5.68. The first-order chi connectivity index (χ1) is 9.26. The van der Waals surface area contributed by atoms with Gasteiger partial charge in [-0.1, -0.05) is 6.07 Å². The van der Waals surface area contributed by atoms with Gasteiger partial charge in [-0.15, -0.1) is 0 Å². The van der Waals surface area contributed by atoms with Gasteiger partial charge < -0.3 is 15.8 Å². The van der Waals surface area contributed by atoms with Crippen molar-refractivity contribution in [2.75, 3.05) is 18.4 Å². The van der Waals surface area contributed by atoms with Crippen LogP contribution in [0.1, 0.15) is 13.8 Å². The molecule has 6 nitrogen and oxygen atoms in total. The fraction of sp³-hybridized carbons (Fsp3) is 0.500. The molecule has 3 N–H and O–H groups in total. The van der Waals surface area contributed by atoms with E-state index < -0.39 is 23.9 Å². The number of para-hydroxylation sites is 1. The van der Waals surface area contributed by atoms with E-state index in [1.54, 1.807) is 13.8 Å². The molecule has 0 saturated carbocycles. The van der Waals surface area contributed by atoms with E-state index in [4.69, 9.17) is 10.5 Å². The first-order valence-electron chi connectivity index (χ1n) is 6.02. The lowest BCUT2D eigenvalue weighted by atomic mass is 10.2. The van der Waals surface area contributed by atoms with Crippen LogP contribution >= 0.6 is 0 Å². The number of halogens is 2. The van der Waals surface area contributed by atoms with Crippen LogP contribution < -0.4 is 15.8 Å². The number of nitrogens with two attached hydrogens (primary N) is 1. The number of hydrogen-bond acceptors (Lipinski definition) is 5. The molecule has 0 aliphatic heterocycles. The molecule has 1 rings (SSSR count). The van der Waals surface area contributed by atoms with Gasteiger partial charge in [0, 0.05) is 0 Å². The molecular formula is C12H17F2N3O3. The lowest BCUT2D eigenvalue weighted by Crippen LogP contribution is -2.35. The Kier molecular flexibility index (Phi) is 5.20. The van der Waals surface area contributed by atoms with Gasteiger partial charge in [0.2, 0.25) is 0 Å². The summed E-state index contributed by atoms with van der Waals surface area (Å²) in [5.41, 5.74) is 4.52. The molecule has 0 fully saturated rings. The standard InChI is InChI=1S/C12H17F2N3O3/c1-8(2)20-10-5-3-4-9(11(10)17(18)19)16-7-12(13,14)6-15/h3-5,8,16H,6-7,15H2,1-2H3. The number of ether oxygens (including phenoxy) is 1. The summed E-state index contributed by atoms with van der Waals surface area (Å²) in [5, 5.41) is 13.4. The van der Waals surface area contributed by atoms with Crippen molar-refractivity contribution in [1.29, 1.82) is 0 Å². The van der Waals surface area contributed by atoms with Gasteiger partial charge in [0.05, 0.1) is 24.1 Å². The van der Waals surface area contributed by atoms with Gasteiger partial charge in [-0.2, -0.15) is 0 Å². The number of anilines is 1. The molecule has 0 atom stereocenters. The maximum absolute atomic E-state index is 13.1. The van der Waals surface area contributed by atoms with E-state index in [-0.39, 0.29) is 23.2 Å². The van der Waals surface area contributed by atoms with E-state index in [1.807, 2.05) is 0 Å². The minimum atomic E-state index is -3.14. The Bertz CT molecular complexity index is 481. The van der Waals surface area contributed by atoms with Crippen molar-refractivity contribution in [3.63, 3.8) is 0 Å². The molecule has 0 aromatic heterocycles. The first-order valence-corrected chi connectivity index (χ1v) is 6.02. The van der Waals surface area contributed by atoms with Gasteiger partial charge in [-0.3, -0.25) is 10.1 Å². The fourth-order valence-electron chi connectivity index (χ4n) is 1.50. The Morgan fingerprint density at radius 3 is 2.65 bits per heavy atom. The third-order valence-electron chi connectivity index (χ3n) is 2.38. The Morgan fingerprint density at radius 1 is 1.50 bits per heavy atom. The Labute approximate surface area is 115 Å². The van der Waals surface area contributed by atoms with Crippen LogP contribution in [0.4, 0.5) is 20.2 Å². The van der Waals surface area contributed by atoms with Gasteiger partial charge in [0.25, 0.3) is 5.92 Å². The summed E-state index contributed by atoms with van der Waals surface area (Å²) < 4.78 is 31.5. The largest absolute Gasteiger partial charge is 0.484 e. The monoisotopic (exact) mass is 289 g/mol. The van der Waals surface area contributed by atoms with Crippen LogP contribution in [0.25, 0.3) is 0 Å². The molecule has 0 aliphatic carbocycles. The summed E-state index contributed by atoms with van der Waals surface area (Å²) in [5.74, 6) is -3.10. The van der Waals surface area contributed by atoms with Gasteiger partial charge in [-0.25, -0.2) is 8.78 Å². The van der Waals surface area contributed by atoms with E-state index >= 15 is 0 Å². The maximum Gasteiger partial charge on any atom is 0.333 e. The molecule has 0 spiro atoms. The molecule has 20 heavy (non-hydrogen) atoms. The number of nitrogens with zero attached hydrogens (tertiary/aromatic N) is 1. The summed E-state index contributed by atoms with van der Waals surface area (Å²) in [4.78, 5) is 10.4. The second-order valence-electron chi connectivity index (χ2n) is 4.49. The molecule has 0 aliphatic rings. The Morgan fingerprint density at radius 2 is 2.15 bits per heavy atom. The highest BCUT2D eigenvalue weighted by Gasteiger charge is 2.29. The average molecular weight is 289 g/mol. The number of rotatable bonds is 7. The minimum Gasteiger partial charge on any atom is -0.484 e.